The molecule has 0 aliphatic heterocycles. The molecule has 1 atom stereocenters. The minimum Gasteiger partial charge on any atom is -0.396 e. The van der Waals surface area contributed by atoms with Gasteiger partial charge in [0.15, 0.2) is 0 Å². The van der Waals surface area contributed by atoms with Gasteiger partial charge in [-0.25, -0.2) is 0 Å². The molecule has 0 saturated carbocycles. The number of nitrogens with zero attached hydrogens (tertiary/aromatic N) is 1. The van der Waals surface area contributed by atoms with Gasteiger partial charge in [0.05, 0.1) is 5.52 Å². The van der Waals surface area contributed by atoms with Crippen molar-refractivity contribution >= 4 is 22.5 Å². The summed E-state index contributed by atoms with van der Waals surface area (Å²) in [6.07, 6.45) is 3.91. The van der Waals surface area contributed by atoms with Crippen LogP contribution in [-0.4, -0.2) is 23.2 Å². The maximum atomic E-state index is 8.97. The van der Waals surface area contributed by atoms with Gasteiger partial charge < -0.3 is 10.4 Å². The van der Waals surface area contributed by atoms with Crippen molar-refractivity contribution < 1.29 is 5.11 Å². The summed E-state index contributed by atoms with van der Waals surface area (Å²) in [5.41, 5.74) is 2.14. The van der Waals surface area contributed by atoms with Crippen LogP contribution in [0.3, 0.4) is 0 Å². The molecule has 0 bridgehead atoms. The summed E-state index contributed by atoms with van der Waals surface area (Å²) >= 11 is 6.18. The Morgan fingerprint density at radius 1 is 1.35 bits per heavy atom. The quantitative estimate of drug-likeness (QED) is 0.769. The summed E-state index contributed by atoms with van der Waals surface area (Å²) in [5, 5.41) is 14.1. The second-order valence-electron chi connectivity index (χ2n) is 5.21. The third-order valence-electron chi connectivity index (χ3n) is 3.48. The number of hydrogen-bond acceptors (Lipinski definition) is 3. The average Bonchev–Trinajstić information content (AvgIpc) is 2.49. The Labute approximate surface area is 125 Å². The predicted molar refractivity (Wildman–Crippen MR) is 83.9 cm³/mol. The molecule has 1 heterocycles. The van der Waals surface area contributed by atoms with E-state index >= 15 is 0 Å². The summed E-state index contributed by atoms with van der Waals surface area (Å²) in [5.74, 6) is 0.384. The molecule has 0 aliphatic rings. The molecule has 0 radical (unpaired) electrons. The third-order valence-corrected chi connectivity index (χ3v) is 3.81. The maximum absolute atomic E-state index is 8.97. The molecule has 0 fully saturated rings. The molecule has 3 nitrogen and oxygen atoms in total. The summed E-state index contributed by atoms with van der Waals surface area (Å²) in [4.78, 5) is 4.42. The molecule has 0 saturated heterocycles. The van der Waals surface area contributed by atoms with Crippen LogP contribution in [0.25, 0.3) is 10.9 Å². The molecule has 4 heteroatoms. The number of pyridine rings is 1. The average molecular weight is 293 g/mol. The van der Waals surface area contributed by atoms with Crippen molar-refractivity contribution in [3.63, 3.8) is 0 Å². The Hall–Kier alpha value is -1.16. The first kappa shape index (κ1) is 15.2. The van der Waals surface area contributed by atoms with Crippen molar-refractivity contribution in [2.75, 3.05) is 13.2 Å². The molecule has 2 N–H and O–H groups in total. The number of fused-ring (bicyclic) bond motifs is 1. The van der Waals surface area contributed by atoms with Crippen LogP contribution in [0.1, 0.15) is 25.3 Å². The number of nitrogens with one attached hydrogen (secondary N) is 1. The molecule has 0 spiro atoms. The van der Waals surface area contributed by atoms with E-state index in [4.69, 9.17) is 16.7 Å². The Balaban J connectivity index is 1.92. The van der Waals surface area contributed by atoms with Crippen LogP contribution < -0.4 is 5.32 Å². The number of halogens is 1. The molecule has 1 aromatic heterocycles. The zero-order chi connectivity index (χ0) is 14.4. The zero-order valence-corrected chi connectivity index (χ0v) is 12.5. The van der Waals surface area contributed by atoms with Crippen LogP contribution in [0.4, 0.5) is 0 Å². The van der Waals surface area contributed by atoms with E-state index in [-0.39, 0.29) is 6.61 Å². The number of rotatable bonds is 7. The van der Waals surface area contributed by atoms with Gasteiger partial charge in [0.25, 0.3) is 0 Å². The molecule has 1 aromatic carbocycles. The molecular weight excluding hydrogens is 272 g/mol. The van der Waals surface area contributed by atoms with Crippen molar-refractivity contribution in [1.29, 1.82) is 0 Å². The standard InChI is InChI=1S/C16H21ClN2O/c1-12(11-20)4-2-8-18-10-13-6-7-15(17)14-5-3-9-19-16(13)14/h3,5-7,9,12,18,20H,2,4,8,10-11H2,1H3. The Bertz CT molecular complexity index is 559. The van der Waals surface area contributed by atoms with E-state index in [0.717, 1.165) is 41.9 Å². The fourth-order valence-electron chi connectivity index (χ4n) is 2.23. The Morgan fingerprint density at radius 3 is 3.00 bits per heavy atom. The molecular formula is C16H21ClN2O. The van der Waals surface area contributed by atoms with Gasteiger partial charge in [-0.05, 0) is 49.1 Å². The fourth-order valence-corrected chi connectivity index (χ4v) is 2.44. The molecule has 108 valence electrons. The number of aliphatic hydroxyl groups excluding tert-OH is 1. The highest BCUT2D eigenvalue weighted by molar-refractivity contribution is 6.35. The first-order valence-electron chi connectivity index (χ1n) is 7.06. The minimum absolute atomic E-state index is 0.270. The normalized spacial score (nSPS) is 12.8. The number of benzene rings is 1. The first-order valence-corrected chi connectivity index (χ1v) is 7.44. The van der Waals surface area contributed by atoms with Crippen molar-refractivity contribution in [1.82, 2.24) is 10.3 Å². The van der Waals surface area contributed by atoms with Crippen LogP contribution in [-0.2, 0) is 6.54 Å². The van der Waals surface area contributed by atoms with E-state index in [2.05, 4.69) is 17.2 Å². The highest BCUT2D eigenvalue weighted by atomic mass is 35.5. The lowest BCUT2D eigenvalue weighted by atomic mass is 10.1. The molecule has 1 unspecified atom stereocenters. The van der Waals surface area contributed by atoms with Gasteiger partial charge in [-0.15, -0.1) is 0 Å². The molecule has 0 amide bonds. The van der Waals surface area contributed by atoms with Crippen LogP contribution in [0.5, 0.6) is 0 Å². The highest BCUT2D eigenvalue weighted by Gasteiger charge is 2.05. The molecule has 2 rings (SSSR count). The lowest BCUT2D eigenvalue weighted by molar-refractivity contribution is 0.228. The van der Waals surface area contributed by atoms with Crippen molar-refractivity contribution in [3.05, 3.63) is 41.0 Å². The topological polar surface area (TPSA) is 45.1 Å². The van der Waals surface area contributed by atoms with E-state index in [9.17, 15) is 0 Å². The van der Waals surface area contributed by atoms with E-state index in [0.29, 0.717) is 5.92 Å². The summed E-state index contributed by atoms with van der Waals surface area (Å²) < 4.78 is 0. The Morgan fingerprint density at radius 2 is 2.20 bits per heavy atom. The lowest BCUT2D eigenvalue weighted by Crippen LogP contribution is -2.16. The van der Waals surface area contributed by atoms with Gasteiger partial charge in [0.1, 0.15) is 0 Å². The van der Waals surface area contributed by atoms with E-state index in [1.807, 2.05) is 24.3 Å². The smallest absolute Gasteiger partial charge is 0.0761 e. The van der Waals surface area contributed by atoms with Crippen LogP contribution in [0.2, 0.25) is 5.02 Å². The van der Waals surface area contributed by atoms with Crippen LogP contribution in [0.15, 0.2) is 30.5 Å². The first-order chi connectivity index (χ1) is 9.72. The second kappa shape index (κ2) is 7.58. The van der Waals surface area contributed by atoms with Gasteiger partial charge in [0.2, 0.25) is 0 Å². The molecule has 0 aliphatic carbocycles. The van der Waals surface area contributed by atoms with Gasteiger partial charge in [-0.1, -0.05) is 24.6 Å². The number of aliphatic hydroxyl groups is 1. The largest absolute Gasteiger partial charge is 0.396 e. The monoisotopic (exact) mass is 292 g/mol. The Kier molecular flexibility index (Phi) is 5.77. The van der Waals surface area contributed by atoms with Gasteiger partial charge in [-0.3, -0.25) is 4.98 Å². The van der Waals surface area contributed by atoms with E-state index < -0.39 is 0 Å². The van der Waals surface area contributed by atoms with Crippen LogP contribution in [0, 0.1) is 5.92 Å². The predicted octanol–water partition coefficient (Wildman–Crippen LogP) is 3.39. The SMILES string of the molecule is CC(CO)CCCNCc1ccc(Cl)c2cccnc12. The third kappa shape index (κ3) is 3.92. The van der Waals surface area contributed by atoms with E-state index in [1.165, 1.54) is 5.56 Å². The van der Waals surface area contributed by atoms with Crippen molar-refractivity contribution in [3.8, 4) is 0 Å². The summed E-state index contributed by atoms with van der Waals surface area (Å²) in [6.45, 7) is 4.07. The number of aromatic nitrogens is 1. The molecule has 2 aromatic rings. The highest BCUT2D eigenvalue weighted by Crippen LogP contribution is 2.24. The van der Waals surface area contributed by atoms with E-state index in [1.54, 1.807) is 6.20 Å². The zero-order valence-electron chi connectivity index (χ0n) is 11.8. The number of hydrogen-bond donors (Lipinski definition) is 2. The fraction of sp³-hybridized carbons (Fsp3) is 0.438. The lowest BCUT2D eigenvalue weighted by Gasteiger charge is -2.10. The summed E-state index contributed by atoms with van der Waals surface area (Å²) in [6, 6.07) is 7.86. The van der Waals surface area contributed by atoms with Crippen molar-refractivity contribution in [2.24, 2.45) is 5.92 Å². The maximum Gasteiger partial charge on any atom is 0.0761 e. The van der Waals surface area contributed by atoms with Crippen molar-refractivity contribution in [2.45, 2.75) is 26.3 Å². The van der Waals surface area contributed by atoms with Gasteiger partial charge in [-0.2, -0.15) is 0 Å². The molecule has 20 heavy (non-hydrogen) atoms. The van der Waals surface area contributed by atoms with Gasteiger partial charge >= 0.3 is 0 Å². The minimum atomic E-state index is 0.270. The van der Waals surface area contributed by atoms with Crippen LogP contribution >= 0.6 is 11.6 Å². The second-order valence-corrected chi connectivity index (χ2v) is 5.62. The van der Waals surface area contributed by atoms with Gasteiger partial charge in [0, 0.05) is 29.8 Å². The summed E-state index contributed by atoms with van der Waals surface area (Å²) in [7, 11) is 0.